The molecule has 2 fully saturated rings. The summed E-state index contributed by atoms with van der Waals surface area (Å²) >= 11 is 1.86. The number of hydrogen-bond donors (Lipinski definition) is 0. The van der Waals surface area contributed by atoms with Gasteiger partial charge in [0.25, 0.3) is 0 Å². The molecule has 2 saturated heterocycles. The Balaban J connectivity index is 1.72. The van der Waals surface area contributed by atoms with Crippen LogP contribution >= 0.6 is 11.8 Å². The second-order valence-electron chi connectivity index (χ2n) is 6.10. The molecule has 3 heterocycles. The number of fused-ring (bicyclic) bond motifs is 1. The van der Waals surface area contributed by atoms with Crippen molar-refractivity contribution in [3.05, 3.63) is 5.82 Å². The summed E-state index contributed by atoms with van der Waals surface area (Å²) < 4.78 is 8.19. The lowest BCUT2D eigenvalue weighted by Crippen LogP contribution is -2.43. The van der Waals surface area contributed by atoms with Gasteiger partial charge in [0.2, 0.25) is 5.95 Å². The van der Waals surface area contributed by atoms with Crippen LogP contribution in [0.25, 0.3) is 0 Å². The number of hydrogen-bond acceptors (Lipinski definition) is 6. The Kier molecular flexibility index (Phi) is 5.25. The quantitative estimate of drug-likeness (QED) is 0.791. The van der Waals surface area contributed by atoms with Crippen molar-refractivity contribution in [1.82, 2.24) is 19.7 Å². The van der Waals surface area contributed by atoms with E-state index in [0.29, 0.717) is 6.04 Å². The summed E-state index contributed by atoms with van der Waals surface area (Å²) in [6.45, 7) is 7.10. The molecular weight excluding hydrogens is 298 g/mol. The third-order valence-corrected chi connectivity index (χ3v) is 5.38. The standard InChI is InChI=1S/C15H27N5OS/c1-4-19(8-9-22-3)15-17-16-14(18(15)2)13-10-20-7-5-6-12(20)11-21-13/h12-13H,4-11H2,1-3H3/t12-,13+/m1/s1. The highest BCUT2D eigenvalue weighted by Gasteiger charge is 2.35. The van der Waals surface area contributed by atoms with Gasteiger partial charge in [0.1, 0.15) is 6.10 Å². The fourth-order valence-electron chi connectivity index (χ4n) is 3.46. The number of nitrogens with zero attached hydrogens (tertiary/aromatic N) is 5. The highest BCUT2D eigenvalue weighted by atomic mass is 32.2. The van der Waals surface area contributed by atoms with E-state index in [9.17, 15) is 0 Å². The molecule has 0 aliphatic carbocycles. The highest BCUT2D eigenvalue weighted by molar-refractivity contribution is 7.98. The maximum absolute atomic E-state index is 6.08. The van der Waals surface area contributed by atoms with E-state index < -0.39 is 0 Å². The molecule has 2 atom stereocenters. The summed E-state index contributed by atoms with van der Waals surface area (Å²) in [5, 5.41) is 8.87. The minimum atomic E-state index is 0.0554. The van der Waals surface area contributed by atoms with Gasteiger partial charge in [-0.25, -0.2) is 0 Å². The number of aromatic nitrogens is 3. The van der Waals surface area contributed by atoms with Gasteiger partial charge in [-0.1, -0.05) is 0 Å². The number of ether oxygens (including phenoxy) is 1. The van der Waals surface area contributed by atoms with E-state index in [1.54, 1.807) is 0 Å². The summed E-state index contributed by atoms with van der Waals surface area (Å²) in [7, 11) is 2.06. The number of rotatable bonds is 6. The lowest BCUT2D eigenvalue weighted by Gasteiger charge is -2.34. The van der Waals surface area contributed by atoms with Crippen LogP contribution in [0.15, 0.2) is 0 Å². The zero-order chi connectivity index (χ0) is 15.5. The van der Waals surface area contributed by atoms with Crippen LogP contribution in [-0.4, -0.2) is 70.5 Å². The van der Waals surface area contributed by atoms with Crippen molar-refractivity contribution >= 4 is 17.7 Å². The Morgan fingerprint density at radius 3 is 3.05 bits per heavy atom. The van der Waals surface area contributed by atoms with E-state index in [0.717, 1.165) is 43.8 Å². The van der Waals surface area contributed by atoms with Gasteiger partial charge in [-0.15, -0.1) is 10.2 Å². The van der Waals surface area contributed by atoms with Crippen molar-refractivity contribution in [2.45, 2.75) is 31.9 Å². The van der Waals surface area contributed by atoms with E-state index in [1.807, 2.05) is 11.8 Å². The molecule has 0 unspecified atom stereocenters. The molecule has 0 spiro atoms. The molecule has 0 amide bonds. The molecule has 1 aromatic rings. The van der Waals surface area contributed by atoms with Crippen LogP contribution in [0.5, 0.6) is 0 Å². The predicted molar refractivity (Wildman–Crippen MR) is 90.6 cm³/mol. The van der Waals surface area contributed by atoms with Crippen LogP contribution < -0.4 is 4.90 Å². The van der Waals surface area contributed by atoms with Crippen molar-refractivity contribution < 1.29 is 4.74 Å². The first-order valence-corrected chi connectivity index (χ1v) is 9.62. The van der Waals surface area contributed by atoms with Crippen LogP contribution in [0.1, 0.15) is 31.7 Å². The van der Waals surface area contributed by atoms with Crippen LogP contribution in [0.3, 0.4) is 0 Å². The number of thioether (sulfide) groups is 1. The third-order valence-electron chi connectivity index (χ3n) is 4.79. The van der Waals surface area contributed by atoms with Crippen molar-refractivity contribution in [2.24, 2.45) is 7.05 Å². The minimum absolute atomic E-state index is 0.0554. The maximum atomic E-state index is 6.08. The third kappa shape index (κ3) is 3.12. The molecular formula is C15H27N5OS. The van der Waals surface area contributed by atoms with Crippen LogP contribution in [0.4, 0.5) is 5.95 Å². The minimum Gasteiger partial charge on any atom is -0.367 e. The van der Waals surface area contributed by atoms with E-state index in [-0.39, 0.29) is 6.10 Å². The van der Waals surface area contributed by atoms with Gasteiger partial charge < -0.3 is 9.64 Å². The molecule has 0 radical (unpaired) electrons. The SMILES string of the molecule is CCN(CCSC)c1nnc([C@@H]2CN3CCC[C@@H]3CO2)n1C. The predicted octanol–water partition coefficient (Wildman–Crippen LogP) is 1.54. The fraction of sp³-hybridized carbons (Fsp3) is 0.867. The first kappa shape index (κ1) is 16.1. The average molecular weight is 325 g/mol. The van der Waals surface area contributed by atoms with Crippen LogP contribution in [0, 0.1) is 0 Å². The van der Waals surface area contributed by atoms with Gasteiger partial charge in [-0.2, -0.15) is 11.8 Å². The Labute approximate surface area is 137 Å². The van der Waals surface area contributed by atoms with Gasteiger partial charge in [-0.3, -0.25) is 9.47 Å². The van der Waals surface area contributed by atoms with E-state index in [1.165, 1.54) is 19.4 Å². The molecule has 6 nitrogen and oxygen atoms in total. The molecule has 7 heteroatoms. The van der Waals surface area contributed by atoms with Crippen molar-refractivity contribution in [3.8, 4) is 0 Å². The number of morpholine rings is 1. The van der Waals surface area contributed by atoms with E-state index >= 15 is 0 Å². The summed E-state index contributed by atoms with van der Waals surface area (Å²) in [5.74, 6) is 3.02. The smallest absolute Gasteiger partial charge is 0.227 e. The first-order valence-electron chi connectivity index (χ1n) is 8.23. The monoisotopic (exact) mass is 325 g/mol. The van der Waals surface area contributed by atoms with Crippen molar-refractivity contribution in [2.75, 3.05) is 49.7 Å². The second kappa shape index (κ2) is 7.19. The Hall–Kier alpha value is -0.790. The fourth-order valence-corrected chi connectivity index (χ4v) is 3.87. The molecule has 124 valence electrons. The lowest BCUT2D eigenvalue weighted by molar-refractivity contribution is -0.0553. The lowest BCUT2D eigenvalue weighted by atomic mass is 10.2. The Morgan fingerprint density at radius 1 is 1.41 bits per heavy atom. The molecule has 2 aliphatic heterocycles. The van der Waals surface area contributed by atoms with Crippen molar-refractivity contribution in [3.63, 3.8) is 0 Å². The summed E-state index contributed by atoms with van der Waals surface area (Å²) in [4.78, 5) is 4.84. The molecule has 0 saturated carbocycles. The zero-order valence-electron chi connectivity index (χ0n) is 13.9. The molecule has 22 heavy (non-hydrogen) atoms. The molecule has 0 aromatic carbocycles. The Morgan fingerprint density at radius 2 is 2.27 bits per heavy atom. The van der Waals surface area contributed by atoms with Gasteiger partial charge in [-0.05, 0) is 32.6 Å². The molecule has 2 aliphatic rings. The first-order chi connectivity index (χ1) is 10.7. The van der Waals surface area contributed by atoms with Crippen LogP contribution in [-0.2, 0) is 11.8 Å². The van der Waals surface area contributed by atoms with Gasteiger partial charge in [0, 0.05) is 38.5 Å². The number of anilines is 1. The van der Waals surface area contributed by atoms with Gasteiger partial charge in [0.15, 0.2) is 5.82 Å². The van der Waals surface area contributed by atoms with E-state index in [4.69, 9.17) is 4.74 Å². The second-order valence-corrected chi connectivity index (χ2v) is 7.09. The average Bonchev–Trinajstić information content (AvgIpc) is 3.14. The van der Waals surface area contributed by atoms with Gasteiger partial charge >= 0.3 is 0 Å². The summed E-state index contributed by atoms with van der Waals surface area (Å²) in [5.41, 5.74) is 0. The molecule has 0 bridgehead atoms. The summed E-state index contributed by atoms with van der Waals surface area (Å²) in [6, 6.07) is 0.623. The topological polar surface area (TPSA) is 46.4 Å². The molecule has 3 rings (SSSR count). The highest BCUT2D eigenvalue weighted by Crippen LogP contribution is 2.30. The van der Waals surface area contributed by atoms with Crippen molar-refractivity contribution in [1.29, 1.82) is 0 Å². The van der Waals surface area contributed by atoms with Gasteiger partial charge in [0.05, 0.1) is 6.61 Å². The zero-order valence-corrected chi connectivity index (χ0v) is 14.7. The largest absolute Gasteiger partial charge is 0.367 e. The normalized spacial score (nSPS) is 25.4. The maximum Gasteiger partial charge on any atom is 0.227 e. The molecule has 0 N–H and O–H groups in total. The summed E-state index contributed by atoms with van der Waals surface area (Å²) in [6.07, 6.45) is 4.76. The molecule has 1 aromatic heterocycles. The Bertz CT molecular complexity index is 494. The van der Waals surface area contributed by atoms with Crippen LogP contribution in [0.2, 0.25) is 0 Å². The van der Waals surface area contributed by atoms with E-state index in [2.05, 4.69) is 44.8 Å².